The Hall–Kier alpha value is -2.10. The molecule has 0 spiro atoms. The van der Waals surface area contributed by atoms with Gasteiger partial charge in [-0.15, -0.1) is 0 Å². The lowest BCUT2D eigenvalue weighted by Gasteiger charge is -2.58. The van der Waals surface area contributed by atoms with Gasteiger partial charge in [-0.1, -0.05) is 76.0 Å². The smallest absolute Gasteiger partial charge is 0.317 e. The molecule has 4 nitrogen and oxygen atoms in total. The first-order valence-corrected chi connectivity index (χ1v) is 19.0. The number of fused-ring (bicyclic) bond motifs is 2. The molecule has 0 aromatic carbocycles. The molecule has 4 heteroatoms. The molecule has 2 saturated carbocycles. The Morgan fingerprint density at radius 1 is 0.702 bits per heavy atom. The fraction of sp³-hybridized carbons (Fsp3) is 0.767. The van der Waals surface area contributed by atoms with E-state index in [4.69, 9.17) is 9.47 Å². The van der Waals surface area contributed by atoms with E-state index >= 15 is 0 Å². The second kappa shape index (κ2) is 15.2. The van der Waals surface area contributed by atoms with Gasteiger partial charge in [0.1, 0.15) is 19.6 Å². The molecule has 4 aliphatic carbocycles. The fourth-order valence-corrected chi connectivity index (χ4v) is 10.6. The van der Waals surface area contributed by atoms with E-state index in [2.05, 4.69) is 81.4 Å². The van der Waals surface area contributed by atoms with E-state index < -0.39 is 11.9 Å². The molecule has 2 fully saturated rings. The van der Waals surface area contributed by atoms with Crippen molar-refractivity contribution in [2.24, 2.45) is 45.3 Å². The van der Waals surface area contributed by atoms with Crippen molar-refractivity contribution in [1.82, 2.24) is 0 Å². The van der Waals surface area contributed by atoms with Gasteiger partial charge in [-0.25, -0.2) is 0 Å². The van der Waals surface area contributed by atoms with Gasteiger partial charge in [-0.2, -0.15) is 0 Å². The SMILES string of the molecule is CC1=CCC[C@H]2[C@@](C)(CC/C(C)=C/COC(=O)CC(=O)OC/C=C(\C)CC[C@@]3(C)[C@H](C)CC[C@@]4(C)C(C)=CCC[C@@H]34)[C@H](C)CC[C@@]12C. The molecule has 0 radical (unpaired) electrons. The average Bonchev–Trinajstić information content (AvgIpc) is 3.01. The summed E-state index contributed by atoms with van der Waals surface area (Å²) in [5, 5.41) is 0. The largest absolute Gasteiger partial charge is 0.461 e. The summed E-state index contributed by atoms with van der Waals surface area (Å²) in [4.78, 5) is 24.8. The molecule has 0 heterocycles. The minimum Gasteiger partial charge on any atom is -0.461 e. The van der Waals surface area contributed by atoms with E-state index in [0.29, 0.717) is 33.5 Å². The quantitative estimate of drug-likeness (QED) is 0.120. The molecular weight excluding hydrogens is 580 g/mol. The van der Waals surface area contributed by atoms with Crippen molar-refractivity contribution in [3.05, 3.63) is 46.6 Å². The lowest BCUT2D eigenvalue weighted by molar-refractivity contribution is -0.153. The summed E-state index contributed by atoms with van der Waals surface area (Å²) in [6, 6.07) is 0. The zero-order valence-corrected chi connectivity index (χ0v) is 31.9. The fourth-order valence-electron chi connectivity index (χ4n) is 10.6. The van der Waals surface area contributed by atoms with Crippen molar-refractivity contribution in [3.8, 4) is 0 Å². The second-order valence-electron chi connectivity index (χ2n) is 17.4. The molecule has 0 unspecified atom stereocenters. The predicted octanol–water partition coefficient (Wildman–Crippen LogP) is 11.5. The van der Waals surface area contributed by atoms with E-state index in [1.807, 2.05) is 12.2 Å². The highest BCUT2D eigenvalue weighted by Crippen LogP contribution is 2.63. The third-order valence-electron chi connectivity index (χ3n) is 14.9. The number of carbonyl (C=O) groups is 2. The lowest BCUT2D eigenvalue weighted by Crippen LogP contribution is -2.49. The number of carbonyl (C=O) groups excluding carboxylic acids is 2. The van der Waals surface area contributed by atoms with E-state index in [-0.39, 0.29) is 19.6 Å². The monoisotopic (exact) mass is 649 g/mol. The Kier molecular flexibility index (Phi) is 12.2. The summed E-state index contributed by atoms with van der Waals surface area (Å²) >= 11 is 0. The molecule has 0 amide bonds. The van der Waals surface area contributed by atoms with Crippen molar-refractivity contribution in [1.29, 1.82) is 0 Å². The van der Waals surface area contributed by atoms with Crippen molar-refractivity contribution >= 4 is 11.9 Å². The van der Waals surface area contributed by atoms with Gasteiger partial charge in [-0.05, 0) is 162 Å². The van der Waals surface area contributed by atoms with Gasteiger partial charge < -0.3 is 9.47 Å². The van der Waals surface area contributed by atoms with E-state index in [1.165, 1.54) is 62.5 Å². The molecule has 0 aliphatic heterocycles. The van der Waals surface area contributed by atoms with Crippen LogP contribution in [0.25, 0.3) is 0 Å². The highest BCUT2D eigenvalue weighted by molar-refractivity contribution is 5.91. The Bertz CT molecular complexity index is 1170. The van der Waals surface area contributed by atoms with Gasteiger partial charge >= 0.3 is 11.9 Å². The molecule has 47 heavy (non-hydrogen) atoms. The van der Waals surface area contributed by atoms with Crippen LogP contribution >= 0.6 is 0 Å². The normalized spacial score (nSPS) is 37.7. The molecule has 4 aliphatic rings. The van der Waals surface area contributed by atoms with E-state index in [9.17, 15) is 9.59 Å². The maximum Gasteiger partial charge on any atom is 0.317 e. The van der Waals surface area contributed by atoms with Gasteiger partial charge in [0.25, 0.3) is 0 Å². The summed E-state index contributed by atoms with van der Waals surface area (Å²) < 4.78 is 10.8. The molecule has 264 valence electrons. The summed E-state index contributed by atoms with van der Waals surface area (Å²) in [7, 11) is 0. The Labute approximate surface area is 288 Å². The van der Waals surface area contributed by atoms with Crippen LogP contribution in [0.2, 0.25) is 0 Å². The average molecular weight is 649 g/mol. The number of hydrogen-bond acceptors (Lipinski definition) is 4. The minimum atomic E-state index is -0.521. The number of hydrogen-bond donors (Lipinski definition) is 0. The molecule has 0 N–H and O–H groups in total. The Morgan fingerprint density at radius 3 is 1.47 bits per heavy atom. The zero-order chi connectivity index (χ0) is 34.6. The highest BCUT2D eigenvalue weighted by atomic mass is 16.6. The first-order valence-electron chi connectivity index (χ1n) is 19.0. The van der Waals surface area contributed by atoms with Crippen LogP contribution in [0.3, 0.4) is 0 Å². The van der Waals surface area contributed by atoms with Crippen LogP contribution in [0.1, 0.15) is 153 Å². The molecule has 0 bridgehead atoms. The first-order chi connectivity index (χ1) is 22.1. The second-order valence-corrected chi connectivity index (χ2v) is 17.4. The topological polar surface area (TPSA) is 52.6 Å². The predicted molar refractivity (Wildman–Crippen MR) is 195 cm³/mol. The number of ether oxygens (including phenoxy) is 2. The molecule has 0 saturated heterocycles. The summed E-state index contributed by atoms with van der Waals surface area (Å²) in [5.41, 5.74) is 6.97. The molecular formula is C43H68O4. The van der Waals surface area contributed by atoms with Gasteiger partial charge in [0, 0.05) is 0 Å². The Morgan fingerprint density at radius 2 is 1.09 bits per heavy atom. The van der Waals surface area contributed by atoms with Crippen LogP contribution in [0, 0.1) is 45.3 Å². The number of esters is 2. The summed E-state index contributed by atoms with van der Waals surface area (Å²) in [6.07, 6.45) is 23.1. The third kappa shape index (κ3) is 8.04. The summed E-state index contributed by atoms with van der Waals surface area (Å²) in [6.45, 7) is 24.3. The maximum absolute atomic E-state index is 12.4. The van der Waals surface area contributed by atoms with Crippen molar-refractivity contribution < 1.29 is 19.1 Å². The molecule has 4 rings (SSSR count). The van der Waals surface area contributed by atoms with Crippen LogP contribution in [-0.4, -0.2) is 25.2 Å². The molecule has 0 aromatic heterocycles. The van der Waals surface area contributed by atoms with Gasteiger partial charge in [0.15, 0.2) is 0 Å². The van der Waals surface area contributed by atoms with Crippen molar-refractivity contribution in [2.75, 3.05) is 13.2 Å². The maximum atomic E-state index is 12.4. The number of allylic oxidation sites excluding steroid dienone is 6. The first kappa shape index (κ1) is 37.7. The lowest BCUT2D eigenvalue weighted by atomic mass is 9.47. The van der Waals surface area contributed by atoms with Crippen LogP contribution in [-0.2, 0) is 19.1 Å². The van der Waals surface area contributed by atoms with E-state index in [1.54, 1.807) is 11.1 Å². The van der Waals surface area contributed by atoms with Gasteiger partial charge in [-0.3, -0.25) is 9.59 Å². The van der Waals surface area contributed by atoms with Crippen molar-refractivity contribution in [2.45, 2.75) is 153 Å². The van der Waals surface area contributed by atoms with Gasteiger partial charge in [0.05, 0.1) is 0 Å². The van der Waals surface area contributed by atoms with Crippen LogP contribution in [0.15, 0.2) is 46.6 Å². The molecule has 0 aromatic rings. The van der Waals surface area contributed by atoms with Crippen LogP contribution in [0.4, 0.5) is 0 Å². The molecule has 8 atom stereocenters. The van der Waals surface area contributed by atoms with Gasteiger partial charge in [0.2, 0.25) is 0 Å². The van der Waals surface area contributed by atoms with Crippen LogP contribution in [0.5, 0.6) is 0 Å². The van der Waals surface area contributed by atoms with Crippen LogP contribution < -0.4 is 0 Å². The third-order valence-corrected chi connectivity index (χ3v) is 14.9. The standard InChI is InChI=1S/C43H68O4/c1-30(17-23-40(7)34(5)19-25-42(9)32(3)13-11-15-36(40)42)21-27-46-38(44)29-39(45)47-28-22-31(2)18-24-41(8)35(6)20-26-43(10)33(4)14-12-16-37(41)43/h13-14,21-22,34-37H,11-12,15-20,23-29H2,1-10H3/b30-21+,31-22+/t34-,35-,36+,37+,40+,41+,42+,43+/m1/s1. The number of rotatable bonds is 12. The minimum absolute atomic E-state index is 0.207. The zero-order valence-electron chi connectivity index (χ0n) is 31.9. The summed E-state index contributed by atoms with van der Waals surface area (Å²) in [5.74, 6) is 1.82. The van der Waals surface area contributed by atoms with Crippen molar-refractivity contribution in [3.63, 3.8) is 0 Å². The highest BCUT2D eigenvalue weighted by Gasteiger charge is 2.54. The Balaban J connectivity index is 1.17. The van der Waals surface area contributed by atoms with E-state index in [0.717, 1.165) is 37.5 Å².